The van der Waals surface area contributed by atoms with Crippen molar-refractivity contribution < 1.29 is 9.72 Å². The monoisotopic (exact) mass is 443 g/mol. The number of carbonyl (C=O) groups excluding carboxylic acids is 1. The topological polar surface area (TPSA) is 103 Å². The van der Waals surface area contributed by atoms with Crippen molar-refractivity contribution in [3.05, 3.63) is 87.7 Å². The summed E-state index contributed by atoms with van der Waals surface area (Å²) >= 11 is 7.19. The zero-order valence-corrected chi connectivity index (χ0v) is 17.4. The van der Waals surface area contributed by atoms with Crippen LogP contribution >= 0.6 is 23.4 Å². The van der Waals surface area contributed by atoms with Crippen LogP contribution in [0.4, 0.5) is 11.4 Å². The molecule has 2 aromatic carbocycles. The molecular formula is C20H18ClN5O3S. The van der Waals surface area contributed by atoms with Crippen molar-refractivity contribution in [1.29, 1.82) is 0 Å². The molecule has 0 spiro atoms. The van der Waals surface area contributed by atoms with E-state index in [9.17, 15) is 14.9 Å². The van der Waals surface area contributed by atoms with E-state index in [1.807, 2.05) is 28.8 Å². The van der Waals surface area contributed by atoms with Crippen molar-refractivity contribution in [1.82, 2.24) is 14.8 Å². The van der Waals surface area contributed by atoms with E-state index in [4.69, 9.17) is 11.6 Å². The van der Waals surface area contributed by atoms with E-state index in [2.05, 4.69) is 22.1 Å². The van der Waals surface area contributed by atoms with Crippen LogP contribution in [0.1, 0.15) is 11.4 Å². The molecule has 0 aliphatic carbocycles. The van der Waals surface area contributed by atoms with Gasteiger partial charge >= 0.3 is 0 Å². The molecule has 0 bridgehead atoms. The third-order valence-corrected chi connectivity index (χ3v) is 5.29. The highest BCUT2D eigenvalue weighted by atomic mass is 35.5. The minimum atomic E-state index is -0.491. The van der Waals surface area contributed by atoms with E-state index in [1.54, 1.807) is 6.08 Å². The summed E-state index contributed by atoms with van der Waals surface area (Å²) in [6.45, 7) is 4.29. The molecule has 10 heteroatoms. The summed E-state index contributed by atoms with van der Waals surface area (Å²) in [6.07, 6.45) is 2.32. The molecule has 30 heavy (non-hydrogen) atoms. The van der Waals surface area contributed by atoms with Crippen LogP contribution in [0.3, 0.4) is 0 Å². The zero-order chi connectivity index (χ0) is 21.5. The molecule has 3 aromatic rings. The van der Waals surface area contributed by atoms with Crippen LogP contribution in [0.25, 0.3) is 0 Å². The smallest absolute Gasteiger partial charge is 0.269 e. The number of halogens is 1. The minimum Gasteiger partial charge on any atom is -0.325 e. The highest BCUT2D eigenvalue weighted by Gasteiger charge is 2.14. The molecule has 1 aromatic heterocycles. The number of amides is 1. The number of nitro groups is 1. The third-order valence-electron chi connectivity index (χ3n) is 4.07. The predicted molar refractivity (Wildman–Crippen MR) is 117 cm³/mol. The number of thioether (sulfide) groups is 1. The Labute approximate surface area is 182 Å². The predicted octanol–water partition coefficient (Wildman–Crippen LogP) is 4.35. The van der Waals surface area contributed by atoms with Crippen molar-refractivity contribution in [2.75, 3.05) is 11.1 Å². The van der Waals surface area contributed by atoms with Gasteiger partial charge in [0.2, 0.25) is 5.91 Å². The van der Waals surface area contributed by atoms with E-state index in [0.717, 1.165) is 11.4 Å². The molecule has 1 N–H and O–H groups in total. The van der Waals surface area contributed by atoms with Gasteiger partial charge in [-0.05, 0) is 29.8 Å². The maximum absolute atomic E-state index is 12.2. The lowest BCUT2D eigenvalue weighted by atomic mass is 10.1. The standard InChI is InChI=1S/C20H18ClN5O3S/c1-2-11-25-18(12-14-3-5-15(21)6-4-14)23-24-20(25)30-13-19(27)22-16-7-9-17(10-8-16)26(28)29/h2-10H,1,11-13H2,(H,22,27). The number of hydrogen-bond donors (Lipinski definition) is 1. The lowest BCUT2D eigenvalue weighted by Crippen LogP contribution is -2.14. The van der Waals surface area contributed by atoms with Gasteiger partial charge in [0.05, 0.1) is 10.7 Å². The fraction of sp³-hybridized carbons (Fsp3) is 0.150. The molecule has 1 amide bonds. The average Bonchev–Trinajstić information content (AvgIpc) is 3.10. The fourth-order valence-electron chi connectivity index (χ4n) is 2.65. The first-order chi connectivity index (χ1) is 14.5. The second kappa shape index (κ2) is 10.0. The maximum Gasteiger partial charge on any atom is 0.269 e. The summed E-state index contributed by atoms with van der Waals surface area (Å²) in [5, 5.41) is 23.1. The summed E-state index contributed by atoms with van der Waals surface area (Å²) < 4.78 is 1.91. The number of anilines is 1. The Morgan fingerprint density at radius 2 is 1.90 bits per heavy atom. The Morgan fingerprint density at radius 1 is 1.20 bits per heavy atom. The molecule has 1 heterocycles. The number of nitrogens with one attached hydrogen (secondary N) is 1. The average molecular weight is 444 g/mol. The van der Waals surface area contributed by atoms with Crippen molar-refractivity contribution in [3.8, 4) is 0 Å². The van der Waals surface area contributed by atoms with Gasteiger partial charge in [0, 0.05) is 35.8 Å². The van der Waals surface area contributed by atoms with E-state index >= 15 is 0 Å². The van der Waals surface area contributed by atoms with Crippen molar-refractivity contribution >= 4 is 40.6 Å². The lowest BCUT2D eigenvalue weighted by Gasteiger charge is -2.08. The lowest BCUT2D eigenvalue weighted by molar-refractivity contribution is -0.384. The molecule has 0 atom stereocenters. The van der Waals surface area contributed by atoms with Gasteiger partial charge in [-0.15, -0.1) is 16.8 Å². The Kier molecular flexibility index (Phi) is 7.21. The summed E-state index contributed by atoms with van der Waals surface area (Å²) in [7, 11) is 0. The Hall–Kier alpha value is -3.17. The van der Waals surface area contributed by atoms with E-state index < -0.39 is 4.92 Å². The molecule has 0 aliphatic rings. The fourth-order valence-corrected chi connectivity index (χ4v) is 3.54. The third kappa shape index (κ3) is 5.68. The first kappa shape index (κ1) is 21.5. The van der Waals surface area contributed by atoms with Crippen LogP contribution in [-0.4, -0.2) is 31.3 Å². The number of nitro benzene ring substituents is 1. The van der Waals surface area contributed by atoms with Gasteiger partial charge < -0.3 is 9.88 Å². The molecule has 0 saturated heterocycles. The number of carbonyl (C=O) groups is 1. The minimum absolute atomic E-state index is 0.0342. The highest BCUT2D eigenvalue weighted by Crippen LogP contribution is 2.21. The van der Waals surface area contributed by atoms with Gasteiger partial charge in [0.25, 0.3) is 5.69 Å². The number of allylic oxidation sites excluding steroid dienone is 1. The van der Waals surface area contributed by atoms with Crippen molar-refractivity contribution in [2.45, 2.75) is 18.1 Å². The molecule has 0 radical (unpaired) electrons. The summed E-state index contributed by atoms with van der Waals surface area (Å²) in [6, 6.07) is 13.2. The summed E-state index contributed by atoms with van der Waals surface area (Å²) in [5.74, 6) is 0.629. The van der Waals surface area contributed by atoms with Gasteiger partial charge in [-0.3, -0.25) is 14.9 Å². The molecule has 0 unspecified atom stereocenters. The first-order valence-electron chi connectivity index (χ1n) is 8.91. The second-order valence-electron chi connectivity index (χ2n) is 6.24. The van der Waals surface area contributed by atoms with Crippen LogP contribution < -0.4 is 5.32 Å². The SMILES string of the molecule is C=CCn1c(Cc2ccc(Cl)cc2)nnc1SCC(=O)Nc1ccc([N+](=O)[O-])cc1. The molecule has 0 fully saturated rings. The largest absolute Gasteiger partial charge is 0.325 e. The highest BCUT2D eigenvalue weighted by molar-refractivity contribution is 7.99. The summed E-state index contributed by atoms with van der Waals surface area (Å²) in [4.78, 5) is 22.5. The number of aromatic nitrogens is 3. The van der Waals surface area contributed by atoms with Crippen LogP contribution in [0.5, 0.6) is 0 Å². The quantitative estimate of drug-likeness (QED) is 0.228. The molecule has 154 valence electrons. The van der Waals surface area contributed by atoms with E-state index in [1.165, 1.54) is 36.0 Å². The van der Waals surface area contributed by atoms with Crippen LogP contribution in [0.2, 0.25) is 5.02 Å². The van der Waals surface area contributed by atoms with Crippen molar-refractivity contribution in [2.24, 2.45) is 0 Å². The Bertz CT molecular complexity index is 1050. The molecule has 0 saturated carbocycles. The van der Waals surface area contributed by atoms with Gasteiger partial charge in [-0.2, -0.15) is 0 Å². The maximum atomic E-state index is 12.2. The summed E-state index contributed by atoms with van der Waals surface area (Å²) in [5.41, 5.74) is 1.50. The number of non-ortho nitro benzene ring substituents is 1. The molecule has 0 aliphatic heterocycles. The first-order valence-corrected chi connectivity index (χ1v) is 10.3. The van der Waals surface area contributed by atoms with Gasteiger partial charge in [0.1, 0.15) is 5.82 Å². The van der Waals surface area contributed by atoms with Crippen molar-refractivity contribution in [3.63, 3.8) is 0 Å². The van der Waals surface area contributed by atoms with Gasteiger partial charge in [-0.1, -0.05) is 41.6 Å². The van der Waals surface area contributed by atoms with Gasteiger partial charge in [-0.25, -0.2) is 0 Å². The Balaban J connectivity index is 1.63. The molecule has 3 rings (SSSR count). The number of hydrogen-bond acceptors (Lipinski definition) is 6. The van der Waals surface area contributed by atoms with Crippen LogP contribution in [0, 0.1) is 10.1 Å². The number of rotatable bonds is 9. The number of benzene rings is 2. The normalized spacial score (nSPS) is 10.6. The number of nitrogens with zero attached hydrogens (tertiary/aromatic N) is 4. The Morgan fingerprint density at radius 3 is 2.53 bits per heavy atom. The second-order valence-corrected chi connectivity index (χ2v) is 7.62. The van der Waals surface area contributed by atoms with Gasteiger partial charge in [0.15, 0.2) is 5.16 Å². The van der Waals surface area contributed by atoms with Crippen LogP contribution in [0.15, 0.2) is 66.3 Å². The molecule has 8 nitrogen and oxygen atoms in total. The van der Waals surface area contributed by atoms with E-state index in [0.29, 0.717) is 28.8 Å². The van der Waals surface area contributed by atoms with Crippen LogP contribution in [-0.2, 0) is 17.8 Å². The molecular weight excluding hydrogens is 426 g/mol. The zero-order valence-electron chi connectivity index (χ0n) is 15.8. The van der Waals surface area contributed by atoms with E-state index in [-0.39, 0.29) is 17.3 Å².